The van der Waals surface area contributed by atoms with Crippen molar-refractivity contribution < 1.29 is 9.66 Å². The number of non-ortho nitro benzene ring substituents is 1. The van der Waals surface area contributed by atoms with E-state index in [2.05, 4.69) is 4.90 Å². The molecule has 1 fully saturated rings. The van der Waals surface area contributed by atoms with E-state index in [0.29, 0.717) is 5.69 Å². The zero-order valence-electron chi connectivity index (χ0n) is 10.5. The van der Waals surface area contributed by atoms with Crippen molar-refractivity contribution in [3.63, 3.8) is 0 Å². The summed E-state index contributed by atoms with van der Waals surface area (Å²) in [5.74, 6) is 0. The third-order valence-electron chi connectivity index (χ3n) is 2.98. The molecule has 1 saturated heterocycles. The van der Waals surface area contributed by atoms with Crippen molar-refractivity contribution in [1.29, 1.82) is 0 Å². The van der Waals surface area contributed by atoms with Crippen molar-refractivity contribution in [2.24, 2.45) is 0 Å². The van der Waals surface area contributed by atoms with Gasteiger partial charge in [0.05, 0.1) is 28.5 Å². The second-order valence-corrected chi connectivity index (χ2v) is 4.66. The first-order valence-corrected chi connectivity index (χ1v) is 5.91. The van der Waals surface area contributed by atoms with Gasteiger partial charge in [0.2, 0.25) is 0 Å². The van der Waals surface area contributed by atoms with Crippen LogP contribution in [0.15, 0.2) is 18.2 Å². The number of anilines is 2. The number of nitrogens with two attached hydrogens (primary N) is 1. The summed E-state index contributed by atoms with van der Waals surface area (Å²) < 4.78 is 5.65. The lowest BCUT2D eigenvalue weighted by molar-refractivity contribution is -0.384. The molecule has 0 aliphatic carbocycles. The second-order valence-electron chi connectivity index (χ2n) is 4.66. The summed E-state index contributed by atoms with van der Waals surface area (Å²) in [5.41, 5.74) is 7.18. The normalized spacial score (nSPS) is 24.0. The lowest BCUT2D eigenvalue weighted by Gasteiger charge is -2.37. The Morgan fingerprint density at radius 3 is 2.50 bits per heavy atom. The fraction of sp³-hybridized carbons (Fsp3) is 0.500. The molecule has 2 atom stereocenters. The lowest BCUT2D eigenvalue weighted by atomic mass is 10.1. The van der Waals surface area contributed by atoms with Crippen molar-refractivity contribution in [3.8, 4) is 0 Å². The average Bonchev–Trinajstić information content (AvgIpc) is 2.27. The topological polar surface area (TPSA) is 81.6 Å². The van der Waals surface area contributed by atoms with Gasteiger partial charge < -0.3 is 15.4 Å². The van der Waals surface area contributed by atoms with Crippen LogP contribution in [0.1, 0.15) is 13.8 Å². The molecule has 2 rings (SSSR count). The molecule has 6 nitrogen and oxygen atoms in total. The molecule has 1 aromatic rings. The molecule has 1 aliphatic heterocycles. The Morgan fingerprint density at radius 1 is 1.39 bits per heavy atom. The van der Waals surface area contributed by atoms with Gasteiger partial charge in [0, 0.05) is 25.2 Å². The SMILES string of the molecule is C[C@@H]1CN(c2ccc([N+](=O)[O-])cc2N)C[C@H](C)O1. The monoisotopic (exact) mass is 251 g/mol. The minimum absolute atomic E-state index is 0.0191. The van der Waals surface area contributed by atoms with Crippen LogP contribution in [0.3, 0.4) is 0 Å². The van der Waals surface area contributed by atoms with E-state index in [4.69, 9.17) is 10.5 Å². The van der Waals surface area contributed by atoms with Gasteiger partial charge in [0.15, 0.2) is 0 Å². The number of hydrogen-bond acceptors (Lipinski definition) is 5. The van der Waals surface area contributed by atoms with Crippen molar-refractivity contribution in [2.75, 3.05) is 23.7 Å². The molecule has 18 heavy (non-hydrogen) atoms. The van der Waals surface area contributed by atoms with Crippen molar-refractivity contribution in [1.82, 2.24) is 0 Å². The highest BCUT2D eigenvalue weighted by Crippen LogP contribution is 2.29. The number of rotatable bonds is 2. The van der Waals surface area contributed by atoms with Gasteiger partial charge in [-0.25, -0.2) is 0 Å². The number of nitrogens with zero attached hydrogens (tertiary/aromatic N) is 2. The summed E-state index contributed by atoms with van der Waals surface area (Å²) in [6.45, 7) is 5.49. The molecule has 0 radical (unpaired) electrons. The molecule has 6 heteroatoms. The highest BCUT2D eigenvalue weighted by Gasteiger charge is 2.24. The first-order chi connectivity index (χ1) is 8.47. The largest absolute Gasteiger partial charge is 0.397 e. The van der Waals surface area contributed by atoms with Gasteiger partial charge in [-0.3, -0.25) is 10.1 Å². The van der Waals surface area contributed by atoms with Gasteiger partial charge in [0.25, 0.3) is 5.69 Å². The molecule has 0 aromatic heterocycles. The third kappa shape index (κ3) is 2.53. The maximum Gasteiger partial charge on any atom is 0.271 e. The predicted molar refractivity (Wildman–Crippen MR) is 69.7 cm³/mol. The maximum atomic E-state index is 10.7. The first-order valence-electron chi connectivity index (χ1n) is 5.91. The molecule has 1 heterocycles. The minimum Gasteiger partial charge on any atom is -0.397 e. The third-order valence-corrected chi connectivity index (χ3v) is 2.98. The Balaban J connectivity index is 2.25. The van der Waals surface area contributed by atoms with E-state index >= 15 is 0 Å². The van der Waals surface area contributed by atoms with Gasteiger partial charge in [-0.05, 0) is 19.9 Å². The molecular formula is C12H17N3O3. The second kappa shape index (κ2) is 4.81. The van der Waals surface area contributed by atoms with Crippen molar-refractivity contribution in [2.45, 2.75) is 26.1 Å². The van der Waals surface area contributed by atoms with Crippen molar-refractivity contribution >= 4 is 17.1 Å². The van der Waals surface area contributed by atoms with Gasteiger partial charge >= 0.3 is 0 Å². The number of nitro benzene ring substituents is 1. The highest BCUT2D eigenvalue weighted by atomic mass is 16.6. The molecule has 0 saturated carbocycles. The Labute approximate surface area is 105 Å². The average molecular weight is 251 g/mol. The summed E-state index contributed by atoms with van der Waals surface area (Å²) in [5, 5.41) is 10.7. The zero-order valence-corrected chi connectivity index (χ0v) is 10.5. The van der Waals surface area contributed by atoms with E-state index in [9.17, 15) is 10.1 Å². The van der Waals surface area contributed by atoms with E-state index < -0.39 is 4.92 Å². The number of ether oxygens (including phenoxy) is 1. The van der Waals surface area contributed by atoms with Crippen LogP contribution in [0.4, 0.5) is 17.1 Å². The number of hydrogen-bond donors (Lipinski definition) is 1. The summed E-state index contributed by atoms with van der Waals surface area (Å²) in [6, 6.07) is 4.59. The summed E-state index contributed by atoms with van der Waals surface area (Å²) in [7, 11) is 0. The summed E-state index contributed by atoms with van der Waals surface area (Å²) in [4.78, 5) is 12.3. The smallest absolute Gasteiger partial charge is 0.271 e. The Bertz CT molecular complexity index is 454. The van der Waals surface area contributed by atoms with Crippen LogP contribution in [0.2, 0.25) is 0 Å². The van der Waals surface area contributed by atoms with Crippen LogP contribution in [0, 0.1) is 10.1 Å². The van der Waals surface area contributed by atoms with Crippen LogP contribution in [-0.2, 0) is 4.74 Å². The Kier molecular flexibility index (Phi) is 3.38. The maximum absolute atomic E-state index is 10.7. The van der Waals surface area contributed by atoms with Crippen LogP contribution in [0.5, 0.6) is 0 Å². The Hall–Kier alpha value is -1.82. The molecule has 2 N–H and O–H groups in total. The molecule has 0 spiro atoms. The standard InChI is InChI=1S/C12H17N3O3/c1-8-6-14(7-9(2)18-8)12-4-3-10(15(16)17)5-11(12)13/h3-5,8-9H,6-7,13H2,1-2H3/t8-,9+. The number of benzene rings is 1. The van der Waals surface area contributed by atoms with Crippen LogP contribution in [-0.4, -0.2) is 30.2 Å². The van der Waals surface area contributed by atoms with Crippen LogP contribution >= 0.6 is 0 Å². The molecule has 1 aromatic carbocycles. The molecule has 1 aliphatic rings. The van der Waals surface area contributed by atoms with Gasteiger partial charge in [-0.1, -0.05) is 0 Å². The number of nitrogen functional groups attached to an aromatic ring is 1. The number of morpholine rings is 1. The van der Waals surface area contributed by atoms with Gasteiger partial charge in [-0.15, -0.1) is 0 Å². The van der Waals surface area contributed by atoms with Gasteiger partial charge in [-0.2, -0.15) is 0 Å². The fourth-order valence-corrected chi connectivity index (χ4v) is 2.32. The van der Waals surface area contributed by atoms with E-state index in [1.165, 1.54) is 12.1 Å². The molecule has 0 amide bonds. The van der Waals surface area contributed by atoms with Gasteiger partial charge in [0.1, 0.15) is 0 Å². The predicted octanol–water partition coefficient (Wildman–Crippen LogP) is 1.79. The lowest BCUT2D eigenvalue weighted by Crippen LogP contribution is -2.45. The van der Waals surface area contributed by atoms with E-state index in [-0.39, 0.29) is 17.9 Å². The fourth-order valence-electron chi connectivity index (χ4n) is 2.32. The van der Waals surface area contributed by atoms with Crippen LogP contribution in [0.25, 0.3) is 0 Å². The minimum atomic E-state index is -0.440. The summed E-state index contributed by atoms with van der Waals surface area (Å²) >= 11 is 0. The van der Waals surface area contributed by atoms with E-state index in [1.807, 2.05) is 13.8 Å². The van der Waals surface area contributed by atoms with E-state index in [0.717, 1.165) is 18.8 Å². The highest BCUT2D eigenvalue weighted by molar-refractivity contribution is 5.70. The van der Waals surface area contributed by atoms with Crippen molar-refractivity contribution in [3.05, 3.63) is 28.3 Å². The number of nitro groups is 1. The summed E-state index contributed by atoms with van der Waals surface area (Å²) in [6.07, 6.45) is 0.256. The zero-order chi connectivity index (χ0) is 13.3. The molecule has 98 valence electrons. The quantitative estimate of drug-likeness (QED) is 0.492. The molecule has 0 bridgehead atoms. The first kappa shape index (κ1) is 12.6. The Morgan fingerprint density at radius 2 is 2.00 bits per heavy atom. The van der Waals surface area contributed by atoms with Crippen LogP contribution < -0.4 is 10.6 Å². The van der Waals surface area contributed by atoms with E-state index in [1.54, 1.807) is 6.07 Å². The molecule has 0 unspecified atom stereocenters. The molecular weight excluding hydrogens is 234 g/mol.